The topological polar surface area (TPSA) is 28.7 Å². The molecule has 62 valence electrons. The van der Waals surface area contributed by atoms with E-state index >= 15 is 0 Å². The summed E-state index contributed by atoms with van der Waals surface area (Å²) >= 11 is 7.37. The second-order valence-electron chi connectivity index (χ2n) is 2.46. The van der Waals surface area contributed by atoms with E-state index in [-0.39, 0.29) is 0 Å². The molecular weight excluding hydrogens is 192 g/mol. The first-order valence-electron chi connectivity index (χ1n) is 3.56. The van der Waals surface area contributed by atoms with Crippen molar-refractivity contribution in [3.8, 4) is 0 Å². The molecule has 2 heterocycles. The minimum absolute atomic E-state index is 0.460. The van der Waals surface area contributed by atoms with Crippen LogP contribution in [0.1, 0.15) is 10.6 Å². The van der Waals surface area contributed by atoms with E-state index in [9.17, 15) is 0 Å². The van der Waals surface area contributed by atoms with Gasteiger partial charge in [0.15, 0.2) is 5.28 Å². The number of nitrogens with zero attached hydrogens (tertiary/aromatic N) is 1. The molecule has 0 aliphatic heterocycles. The van der Waals surface area contributed by atoms with Gasteiger partial charge in [-0.3, -0.25) is 0 Å². The van der Waals surface area contributed by atoms with Gasteiger partial charge in [-0.2, -0.15) is 0 Å². The monoisotopic (exact) mass is 198 g/mol. The van der Waals surface area contributed by atoms with Crippen LogP contribution < -0.4 is 0 Å². The predicted octanol–water partition coefficient (Wildman–Crippen LogP) is 2.72. The Balaban J connectivity index is 2.14. The molecule has 0 saturated carbocycles. The number of nitrogens with one attached hydrogen (secondary N) is 1. The van der Waals surface area contributed by atoms with Gasteiger partial charge in [0.25, 0.3) is 0 Å². The van der Waals surface area contributed by atoms with Crippen molar-refractivity contribution in [3.05, 3.63) is 39.6 Å². The smallest absolute Gasteiger partial charge is 0.200 e. The van der Waals surface area contributed by atoms with Gasteiger partial charge < -0.3 is 4.98 Å². The summed E-state index contributed by atoms with van der Waals surface area (Å²) < 4.78 is 0. The number of rotatable bonds is 2. The maximum absolute atomic E-state index is 5.64. The Morgan fingerprint density at radius 3 is 3.08 bits per heavy atom. The molecule has 0 saturated heterocycles. The second-order valence-corrected chi connectivity index (χ2v) is 3.85. The van der Waals surface area contributed by atoms with Crippen LogP contribution in [-0.4, -0.2) is 9.97 Å². The molecule has 0 spiro atoms. The van der Waals surface area contributed by atoms with Gasteiger partial charge in [-0.05, 0) is 23.0 Å². The number of thiophene rings is 1. The minimum atomic E-state index is 0.460. The Hall–Kier alpha value is -0.800. The summed E-state index contributed by atoms with van der Waals surface area (Å²) in [6, 6.07) is 4.14. The van der Waals surface area contributed by atoms with Crippen molar-refractivity contribution in [2.45, 2.75) is 6.42 Å². The van der Waals surface area contributed by atoms with Crippen LogP contribution in [0, 0.1) is 0 Å². The Kier molecular flexibility index (Phi) is 2.15. The lowest BCUT2D eigenvalue weighted by atomic mass is 10.3. The number of imidazole rings is 1. The molecular formula is C8H7ClN2S. The van der Waals surface area contributed by atoms with Gasteiger partial charge in [-0.15, -0.1) is 11.3 Å². The first-order chi connectivity index (χ1) is 5.84. The molecule has 0 unspecified atom stereocenters. The highest BCUT2D eigenvalue weighted by atomic mass is 35.5. The molecule has 0 aliphatic rings. The highest BCUT2D eigenvalue weighted by Crippen LogP contribution is 2.14. The van der Waals surface area contributed by atoms with E-state index in [1.165, 1.54) is 4.88 Å². The zero-order valence-corrected chi connectivity index (χ0v) is 7.82. The van der Waals surface area contributed by atoms with E-state index in [1.54, 1.807) is 17.5 Å². The van der Waals surface area contributed by atoms with Crippen LogP contribution in [0.4, 0.5) is 0 Å². The minimum Gasteiger partial charge on any atom is -0.332 e. The molecule has 2 aromatic heterocycles. The fraction of sp³-hybridized carbons (Fsp3) is 0.125. The molecule has 2 aromatic rings. The average molecular weight is 199 g/mol. The van der Waals surface area contributed by atoms with Crippen molar-refractivity contribution in [2.75, 3.05) is 0 Å². The molecule has 2 nitrogen and oxygen atoms in total. The number of hydrogen-bond acceptors (Lipinski definition) is 2. The number of hydrogen-bond donors (Lipinski definition) is 1. The molecule has 0 amide bonds. The van der Waals surface area contributed by atoms with Crippen molar-refractivity contribution in [3.63, 3.8) is 0 Å². The fourth-order valence-electron chi connectivity index (χ4n) is 1.02. The lowest BCUT2D eigenvalue weighted by molar-refractivity contribution is 1.13. The number of halogens is 1. The third kappa shape index (κ3) is 1.68. The molecule has 0 atom stereocenters. The van der Waals surface area contributed by atoms with Crippen LogP contribution in [0.2, 0.25) is 5.28 Å². The van der Waals surface area contributed by atoms with Crippen molar-refractivity contribution in [1.82, 2.24) is 9.97 Å². The number of aromatic amines is 1. The summed E-state index contributed by atoms with van der Waals surface area (Å²) in [5.41, 5.74) is 1.06. The standard InChI is InChI=1S/C8H7ClN2S/c9-8-10-5-6(11-8)4-7-2-1-3-12-7/h1-3,5H,4H2,(H,10,11). The quantitative estimate of drug-likeness (QED) is 0.790. The van der Waals surface area contributed by atoms with Crippen LogP contribution in [0.5, 0.6) is 0 Å². The van der Waals surface area contributed by atoms with Crippen molar-refractivity contribution >= 4 is 22.9 Å². The SMILES string of the molecule is Clc1ncc(Cc2cccs2)[nH]1. The first-order valence-corrected chi connectivity index (χ1v) is 4.82. The van der Waals surface area contributed by atoms with Crippen molar-refractivity contribution in [1.29, 1.82) is 0 Å². The zero-order valence-electron chi connectivity index (χ0n) is 6.25. The Bertz CT molecular complexity index is 353. The molecule has 0 bridgehead atoms. The number of H-pyrrole nitrogens is 1. The summed E-state index contributed by atoms with van der Waals surface area (Å²) in [6.07, 6.45) is 2.65. The van der Waals surface area contributed by atoms with Crippen LogP contribution >= 0.6 is 22.9 Å². The molecule has 2 rings (SSSR count). The first kappa shape index (κ1) is 7.83. The van der Waals surface area contributed by atoms with Crippen LogP contribution in [0.3, 0.4) is 0 Å². The van der Waals surface area contributed by atoms with Gasteiger partial charge in [0, 0.05) is 23.2 Å². The molecule has 4 heteroatoms. The molecule has 1 N–H and O–H groups in total. The van der Waals surface area contributed by atoms with Crippen LogP contribution in [0.25, 0.3) is 0 Å². The Morgan fingerprint density at radius 1 is 1.58 bits per heavy atom. The normalized spacial score (nSPS) is 10.4. The van der Waals surface area contributed by atoms with E-state index in [4.69, 9.17) is 11.6 Å². The molecule has 12 heavy (non-hydrogen) atoms. The van der Waals surface area contributed by atoms with E-state index in [0.717, 1.165) is 12.1 Å². The van der Waals surface area contributed by atoms with Gasteiger partial charge in [0.2, 0.25) is 0 Å². The van der Waals surface area contributed by atoms with E-state index in [0.29, 0.717) is 5.28 Å². The summed E-state index contributed by atoms with van der Waals surface area (Å²) in [6.45, 7) is 0. The molecule has 0 aliphatic carbocycles. The van der Waals surface area contributed by atoms with Crippen LogP contribution in [0.15, 0.2) is 23.7 Å². The third-order valence-corrected chi connectivity index (χ3v) is 2.61. The Morgan fingerprint density at radius 2 is 2.50 bits per heavy atom. The van der Waals surface area contributed by atoms with E-state index < -0.39 is 0 Å². The van der Waals surface area contributed by atoms with Gasteiger partial charge in [0.1, 0.15) is 0 Å². The van der Waals surface area contributed by atoms with E-state index in [2.05, 4.69) is 21.4 Å². The van der Waals surface area contributed by atoms with Crippen molar-refractivity contribution in [2.24, 2.45) is 0 Å². The predicted molar refractivity (Wildman–Crippen MR) is 50.7 cm³/mol. The van der Waals surface area contributed by atoms with Crippen LogP contribution in [-0.2, 0) is 6.42 Å². The molecule has 0 fully saturated rings. The summed E-state index contributed by atoms with van der Waals surface area (Å²) in [4.78, 5) is 8.20. The van der Waals surface area contributed by atoms with Gasteiger partial charge in [-0.25, -0.2) is 4.98 Å². The molecule has 0 aromatic carbocycles. The maximum Gasteiger partial charge on any atom is 0.200 e. The van der Waals surface area contributed by atoms with E-state index in [1.807, 2.05) is 6.07 Å². The van der Waals surface area contributed by atoms with Gasteiger partial charge in [-0.1, -0.05) is 6.07 Å². The summed E-state index contributed by atoms with van der Waals surface area (Å²) in [5, 5.41) is 2.52. The third-order valence-electron chi connectivity index (χ3n) is 1.54. The summed E-state index contributed by atoms with van der Waals surface area (Å²) in [7, 11) is 0. The molecule has 0 radical (unpaired) electrons. The van der Waals surface area contributed by atoms with Gasteiger partial charge >= 0.3 is 0 Å². The lowest BCUT2D eigenvalue weighted by Crippen LogP contribution is -1.82. The highest BCUT2D eigenvalue weighted by molar-refractivity contribution is 7.09. The lowest BCUT2D eigenvalue weighted by Gasteiger charge is -1.90. The number of aromatic nitrogens is 2. The second kappa shape index (κ2) is 3.29. The highest BCUT2D eigenvalue weighted by Gasteiger charge is 1.99. The Labute approximate surface area is 79.2 Å². The largest absolute Gasteiger partial charge is 0.332 e. The summed E-state index contributed by atoms with van der Waals surface area (Å²) in [5.74, 6) is 0. The van der Waals surface area contributed by atoms with Gasteiger partial charge in [0.05, 0.1) is 0 Å². The maximum atomic E-state index is 5.64. The fourth-order valence-corrected chi connectivity index (χ4v) is 1.92. The average Bonchev–Trinajstić information content (AvgIpc) is 2.63. The van der Waals surface area contributed by atoms with Crippen molar-refractivity contribution < 1.29 is 0 Å². The zero-order chi connectivity index (χ0) is 8.39.